The van der Waals surface area contributed by atoms with E-state index in [4.69, 9.17) is 0 Å². The maximum Gasteiger partial charge on any atom is 0.123 e. The molecule has 0 aliphatic heterocycles. The third-order valence-electron chi connectivity index (χ3n) is 1.73. The van der Waals surface area contributed by atoms with Crippen molar-refractivity contribution in [2.75, 3.05) is 5.33 Å². The van der Waals surface area contributed by atoms with Crippen molar-refractivity contribution < 1.29 is 4.39 Å². The molecule has 1 aromatic rings. The molecule has 0 aliphatic carbocycles. The van der Waals surface area contributed by atoms with Gasteiger partial charge in [0.25, 0.3) is 0 Å². The zero-order valence-electron chi connectivity index (χ0n) is 6.90. The summed E-state index contributed by atoms with van der Waals surface area (Å²) >= 11 is 3.31. The number of benzene rings is 1. The summed E-state index contributed by atoms with van der Waals surface area (Å²) in [4.78, 5) is 0. The smallest absolute Gasteiger partial charge is 0.123 e. The molecule has 2 heteroatoms. The van der Waals surface area contributed by atoms with Gasteiger partial charge in [-0.2, -0.15) is 0 Å². The van der Waals surface area contributed by atoms with Crippen molar-refractivity contribution in [2.45, 2.75) is 6.92 Å². The molecule has 1 rings (SSSR count). The Morgan fingerprint density at radius 1 is 1.58 bits per heavy atom. The Morgan fingerprint density at radius 3 is 2.75 bits per heavy atom. The van der Waals surface area contributed by atoms with Crippen molar-refractivity contribution in [1.82, 2.24) is 0 Å². The number of rotatable bonds is 2. The van der Waals surface area contributed by atoms with Crippen LogP contribution in [0, 0.1) is 12.7 Å². The minimum atomic E-state index is -0.196. The van der Waals surface area contributed by atoms with E-state index in [9.17, 15) is 4.39 Å². The Hall–Kier alpha value is -0.630. The summed E-state index contributed by atoms with van der Waals surface area (Å²) in [5, 5.41) is 0.722. The highest BCUT2D eigenvalue weighted by Crippen LogP contribution is 2.19. The van der Waals surface area contributed by atoms with Gasteiger partial charge in [-0.25, -0.2) is 4.39 Å². The fraction of sp³-hybridized carbons (Fsp3) is 0.200. The monoisotopic (exact) mass is 228 g/mol. The molecule has 0 aromatic heterocycles. The molecule has 0 heterocycles. The molecule has 12 heavy (non-hydrogen) atoms. The lowest BCUT2D eigenvalue weighted by molar-refractivity contribution is 0.626. The zero-order valence-corrected chi connectivity index (χ0v) is 8.49. The highest BCUT2D eigenvalue weighted by atomic mass is 79.9. The third-order valence-corrected chi connectivity index (χ3v) is 2.41. The normalized spacial score (nSPS) is 9.92. The van der Waals surface area contributed by atoms with Gasteiger partial charge in [0.2, 0.25) is 0 Å². The molecule has 0 spiro atoms. The summed E-state index contributed by atoms with van der Waals surface area (Å²) in [7, 11) is 0. The number of hydrogen-bond acceptors (Lipinski definition) is 0. The second kappa shape index (κ2) is 3.85. The van der Waals surface area contributed by atoms with Crippen molar-refractivity contribution >= 4 is 21.5 Å². The van der Waals surface area contributed by atoms with Gasteiger partial charge < -0.3 is 0 Å². The van der Waals surface area contributed by atoms with Crippen LogP contribution in [0.15, 0.2) is 24.8 Å². The maximum absolute atomic E-state index is 12.7. The van der Waals surface area contributed by atoms with Crippen LogP contribution < -0.4 is 0 Å². The zero-order chi connectivity index (χ0) is 9.14. The van der Waals surface area contributed by atoms with Crippen molar-refractivity contribution in [1.29, 1.82) is 0 Å². The highest BCUT2D eigenvalue weighted by Gasteiger charge is 2.01. The van der Waals surface area contributed by atoms with Gasteiger partial charge in [-0.05, 0) is 35.8 Å². The number of allylic oxidation sites excluding steroid dienone is 1. The van der Waals surface area contributed by atoms with Crippen LogP contribution >= 0.6 is 15.9 Å². The van der Waals surface area contributed by atoms with E-state index in [0.717, 1.165) is 22.0 Å². The largest absolute Gasteiger partial charge is 0.207 e. The van der Waals surface area contributed by atoms with Crippen LogP contribution in [0.25, 0.3) is 5.57 Å². The molecule has 64 valence electrons. The molecule has 0 saturated heterocycles. The van der Waals surface area contributed by atoms with Crippen LogP contribution in [0.1, 0.15) is 11.1 Å². The van der Waals surface area contributed by atoms with Crippen LogP contribution in [0.3, 0.4) is 0 Å². The standard InChI is InChI=1S/C10H10BrF/c1-7-5-9(12)3-4-10(7)8(2)6-11/h3-5H,2,6H2,1H3. The fourth-order valence-electron chi connectivity index (χ4n) is 1.10. The van der Waals surface area contributed by atoms with Crippen molar-refractivity contribution in [3.63, 3.8) is 0 Å². The average Bonchev–Trinajstić information content (AvgIpc) is 2.03. The van der Waals surface area contributed by atoms with E-state index in [0.29, 0.717) is 0 Å². The van der Waals surface area contributed by atoms with Gasteiger partial charge in [-0.1, -0.05) is 28.6 Å². The van der Waals surface area contributed by atoms with Crippen molar-refractivity contribution in [2.24, 2.45) is 0 Å². The molecule has 0 radical (unpaired) electrons. The highest BCUT2D eigenvalue weighted by molar-refractivity contribution is 9.09. The predicted octanol–water partition coefficient (Wildman–Crippen LogP) is 3.54. The molecular weight excluding hydrogens is 219 g/mol. The lowest BCUT2D eigenvalue weighted by Crippen LogP contribution is -1.89. The van der Waals surface area contributed by atoms with Gasteiger partial charge in [0.15, 0.2) is 0 Å². The van der Waals surface area contributed by atoms with Crippen LogP contribution in [0.4, 0.5) is 4.39 Å². The van der Waals surface area contributed by atoms with Gasteiger partial charge in [0.05, 0.1) is 0 Å². The molecule has 0 saturated carbocycles. The molecule has 0 nitrogen and oxygen atoms in total. The van der Waals surface area contributed by atoms with E-state index in [1.165, 1.54) is 12.1 Å². The molecular formula is C10H10BrF. The number of hydrogen-bond donors (Lipinski definition) is 0. The number of aryl methyl sites for hydroxylation is 1. The summed E-state index contributed by atoms with van der Waals surface area (Å²) in [6, 6.07) is 4.73. The third kappa shape index (κ3) is 1.95. The quantitative estimate of drug-likeness (QED) is 0.680. The summed E-state index contributed by atoms with van der Waals surface area (Å²) in [5.41, 5.74) is 2.93. The lowest BCUT2D eigenvalue weighted by Gasteiger charge is -2.05. The maximum atomic E-state index is 12.7. The summed E-state index contributed by atoms with van der Waals surface area (Å²) < 4.78 is 12.7. The second-order valence-corrected chi connectivity index (χ2v) is 3.26. The van der Waals surface area contributed by atoms with Gasteiger partial charge in [0.1, 0.15) is 5.82 Å². The van der Waals surface area contributed by atoms with Crippen molar-refractivity contribution in [3.8, 4) is 0 Å². The van der Waals surface area contributed by atoms with Crippen molar-refractivity contribution in [3.05, 3.63) is 41.7 Å². The first-order chi connectivity index (χ1) is 5.65. The molecule has 0 aliphatic rings. The Labute approximate surface area is 80.2 Å². The van der Waals surface area contributed by atoms with Gasteiger partial charge >= 0.3 is 0 Å². The Morgan fingerprint density at radius 2 is 2.25 bits per heavy atom. The second-order valence-electron chi connectivity index (χ2n) is 2.70. The molecule has 0 bridgehead atoms. The van der Waals surface area contributed by atoms with E-state index in [1.54, 1.807) is 6.07 Å². The molecule has 0 N–H and O–H groups in total. The Bertz CT molecular complexity index is 305. The molecule has 0 amide bonds. The van der Waals surface area contributed by atoms with E-state index in [-0.39, 0.29) is 5.82 Å². The van der Waals surface area contributed by atoms with E-state index in [2.05, 4.69) is 22.5 Å². The summed E-state index contributed by atoms with van der Waals surface area (Å²) in [6.45, 7) is 5.75. The molecule has 0 fully saturated rings. The first kappa shape index (κ1) is 9.46. The molecule has 0 unspecified atom stereocenters. The molecule has 0 atom stereocenters. The topological polar surface area (TPSA) is 0 Å². The predicted molar refractivity (Wildman–Crippen MR) is 54.0 cm³/mol. The van der Waals surface area contributed by atoms with Crippen LogP contribution in [0.2, 0.25) is 0 Å². The van der Waals surface area contributed by atoms with Gasteiger partial charge in [0, 0.05) is 5.33 Å². The van der Waals surface area contributed by atoms with Crippen LogP contribution in [0.5, 0.6) is 0 Å². The minimum Gasteiger partial charge on any atom is -0.207 e. The number of halogens is 2. The average molecular weight is 229 g/mol. The van der Waals surface area contributed by atoms with E-state index < -0.39 is 0 Å². The summed E-state index contributed by atoms with van der Waals surface area (Å²) in [5.74, 6) is -0.196. The van der Waals surface area contributed by atoms with Crippen LogP contribution in [-0.4, -0.2) is 5.33 Å². The first-order valence-corrected chi connectivity index (χ1v) is 4.77. The lowest BCUT2D eigenvalue weighted by atomic mass is 10.0. The fourth-order valence-corrected chi connectivity index (χ4v) is 1.40. The SMILES string of the molecule is C=C(CBr)c1ccc(F)cc1C. The molecule has 1 aromatic carbocycles. The van der Waals surface area contributed by atoms with Gasteiger partial charge in [-0.3, -0.25) is 0 Å². The van der Waals surface area contributed by atoms with E-state index in [1.807, 2.05) is 6.92 Å². The number of alkyl halides is 1. The first-order valence-electron chi connectivity index (χ1n) is 3.65. The van der Waals surface area contributed by atoms with E-state index >= 15 is 0 Å². The van der Waals surface area contributed by atoms with Gasteiger partial charge in [-0.15, -0.1) is 0 Å². The summed E-state index contributed by atoms with van der Waals surface area (Å²) in [6.07, 6.45) is 0. The Kier molecular flexibility index (Phi) is 3.04. The van der Waals surface area contributed by atoms with Crippen LogP contribution in [-0.2, 0) is 0 Å². The Balaban J connectivity index is 3.09. The minimum absolute atomic E-state index is 0.196.